The largest absolute Gasteiger partial charge is 0.497 e. The van der Waals surface area contributed by atoms with Gasteiger partial charge >= 0.3 is 0 Å². The summed E-state index contributed by atoms with van der Waals surface area (Å²) >= 11 is 6.78. The van der Waals surface area contributed by atoms with E-state index < -0.39 is 0 Å². The van der Waals surface area contributed by atoms with Crippen LogP contribution in [-0.4, -0.2) is 41.2 Å². The molecular formula is C26H28N2O3S2. The Bertz CT molecular complexity index is 1070. The number of unbranched alkanes of at least 4 members (excludes halogenated alkanes) is 2. The third-order valence-electron chi connectivity index (χ3n) is 5.97. The van der Waals surface area contributed by atoms with Gasteiger partial charge in [-0.2, -0.15) is 0 Å². The predicted octanol–water partition coefficient (Wildman–Crippen LogP) is 5.44. The lowest BCUT2D eigenvalue weighted by Gasteiger charge is -2.29. The van der Waals surface area contributed by atoms with Gasteiger partial charge in [-0.25, -0.2) is 0 Å². The van der Waals surface area contributed by atoms with E-state index in [2.05, 4.69) is 6.07 Å². The normalized spacial score (nSPS) is 16.9. The first-order chi connectivity index (χ1) is 16.1. The van der Waals surface area contributed by atoms with Gasteiger partial charge in [0.25, 0.3) is 5.91 Å². The van der Waals surface area contributed by atoms with Crippen LogP contribution in [0.1, 0.15) is 43.2 Å². The van der Waals surface area contributed by atoms with Gasteiger partial charge in [0.1, 0.15) is 10.1 Å². The van der Waals surface area contributed by atoms with Crippen molar-refractivity contribution in [3.63, 3.8) is 0 Å². The standard InChI is InChI=1S/C26H28N2O3S2/c1-31-21-14-12-19(13-15-21)18-23-25(30)28(26(32)33-23)16-6-2-3-11-24(29)27-17-7-9-20-8-4-5-10-22(20)27/h4-5,8,10,12-15,18H,2-3,6-7,9,11,16-17H2,1H3. The number of carbonyl (C=O) groups excluding carboxylic acids is 2. The molecule has 0 radical (unpaired) electrons. The Morgan fingerprint density at radius 3 is 2.70 bits per heavy atom. The van der Waals surface area contributed by atoms with Crippen LogP contribution in [0.5, 0.6) is 5.75 Å². The summed E-state index contributed by atoms with van der Waals surface area (Å²) < 4.78 is 5.78. The maximum Gasteiger partial charge on any atom is 0.266 e. The minimum atomic E-state index is -0.0400. The Morgan fingerprint density at radius 1 is 1.12 bits per heavy atom. The fourth-order valence-electron chi connectivity index (χ4n) is 4.19. The summed E-state index contributed by atoms with van der Waals surface area (Å²) in [5.41, 5.74) is 3.26. The molecule has 7 heteroatoms. The van der Waals surface area contributed by atoms with E-state index in [9.17, 15) is 9.59 Å². The number of thioether (sulfide) groups is 1. The molecule has 0 aliphatic carbocycles. The third kappa shape index (κ3) is 5.65. The van der Waals surface area contributed by atoms with Crippen LogP contribution in [0.4, 0.5) is 5.69 Å². The SMILES string of the molecule is COc1ccc(C=C2SC(=S)N(CCCCCC(=O)N3CCCc4ccccc43)C2=O)cc1. The van der Waals surface area contributed by atoms with Gasteiger partial charge in [0.2, 0.25) is 5.91 Å². The van der Waals surface area contributed by atoms with E-state index in [1.54, 1.807) is 12.0 Å². The van der Waals surface area contributed by atoms with Crippen molar-refractivity contribution in [1.82, 2.24) is 4.90 Å². The maximum atomic E-state index is 12.8. The first-order valence-corrected chi connectivity index (χ1v) is 12.6. The van der Waals surface area contributed by atoms with Gasteiger partial charge < -0.3 is 9.64 Å². The lowest BCUT2D eigenvalue weighted by Crippen LogP contribution is -2.35. The molecule has 0 unspecified atom stereocenters. The summed E-state index contributed by atoms with van der Waals surface area (Å²) in [6.45, 7) is 1.39. The summed E-state index contributed by atoms with van der Waals surface area (Å²) in [6.07, 6.45) is 6.98. The van der Waals surface area contributed by atoms with Gasteiger partial charge in [0, 0.05) is 25.2 Å². The van der Waals surface area contributed by atoms with E-state index in [4.69, 9.17) is 17.0 Å². The number of benzene rings is 2. The van der Waals surface area contributed by atoms with Crippen molar-refractivity contribution in [2.45, 2.75) is 38.5 Å². The minimum Gasteiger partial charge on any atom is -0.497 e. The number of nitrogens with zero attached hydrogens (tertiary/aromatic N) is 2. The molecule has 0 atom stereocenters. The van der Waals surface area contributed by atoms with Crippen LogP contribution in [-0.2, 0) is 16.0 Å². The fourth-order valence-corrected chi connectivity index (χ4v) is 5.50. The zero-order valence-corrected chi connectivity index (χ0v) is 20.4. The molecule has 2 aliphatic rings. The molecule has 0 saturated carbocycles. The molecule has 4 rings (SSSR count). The quantitative estimate of drug-likeness (QED) is 0.286. The zero-order chi connectivity index (χ0) is 23.2. The number of ether oxygens (including phenoxy) is 1. The number of para-hydroxylation sites is 1. The molecule has 2 aromatic carbocycles. The summed E-state index contributed by atoms with van der Waals surface area (Å²) in [6, 6.07) is 15.8. The van der Waals surface area contributed by atoms with Crippen LogP contribution in [0.3, 0.4) is 0 Å². The van der Waals surface area contributed by atoms with E-state index in [1.165, 1.54) is 17.3 Å². The molecule has 0 N–H and O–H groups in total. The molecule has 2 amide bonds. The molecular weight excluding hydrogens is 452 g/mol. The molecule has 33 heavy (non-hydrogen) atoms. The number of hydrogen-bond donors (Lipinski definition) is 0. The molecule has 2 aromatic rings. The van der Waals surface area contributed by atoms with Crippen LogP contribution in [0.15, 0.2) is 53.4 Å². The monoisotopic (exact) mass is 480 g/mol. The Kier molecular flexibility index (Phi) is 7.83. The first kappa shape index (κ1) is 23.5. The Balaban J connectivity index is 1.24. The second-order valence-corrected chi connectivity index (χ2v) is 9.87. The molecule has 2 aliphatic heterocycles. The molecule has 1 fully saturated rings. The van der Waals surface area contributed by atoms with E-state index in [0.717, 1.165) is 55.6 Å². The number of amides is 2. The highest BCUT2D eigenvalue weighted by atomic mass is 32.2. The van der Waals surface area contributed by atoms with Crippen molar-refractivity contribution in [3.05, 3.63) is 64.6 Å². The van der Waals surface area contributed by atoms with Gasteiger partial charge in [0.05, 0.1) is 12.0 Å². The van der Waals surface area contributed by atoms with Gasteiger partial charge in [-0.15, -0.1) is 0 Å². The molecule has 1 saturated heterocycles. The Labute approximate surface area is 204 Å². The average molecular weight is 481 g/mol. The van der Waals surface area contributed by atoms with E-state index in [0.29, 0.717) is 22.2 Å². The van der Waals surface area contributed by atoms with Gasteiger partial charge in [-0.05, 0) is 61.1 Å². The van der Waals surface area contributed by atoms with E-state index in [1.807, 2.05) is 53.4 Å². The second kappa shape index (κ2) is 11.0. The molecule has 0 bridgehead atoms. The first-order valence-electron chi connectivity index (χ1n) is 11.3. The number of thiocarbonyl (C=S) groups is 1. The van der Waals surface area contributed by atoms with Crippen LogP contribution >= 0.6 is 24.0 Å². The molecule has 0 spiro atoms. The van der Waals surface area contributed by atoms with E-state index >= 15 is 0 Å². The van der Waals surface area contributed by atoms with Gasteiger partial charge in [-0.1, -0.05) is 60.7 Å². The topological polar surface area (TPSA) is 49.9 Å². The Hall–Kier alpha value is -2.64. The van der Waals surface area contributed by atoms with Crippen LogP contribution in [0, 0.1) is 0 Å². The average Bonchev–Trinajstić information content (AvgIpc) is 3.11. The lowest BCUT2D eigenvalue weighted by molar-refractivity contribution is -0.122. The minimum absolute atomic E-state index is 0.0400. The van der Waals surface area contributed by atoms with Crippen LogP contribution in [0.2, 0.25) is 0 Å². The van der Waals surface area contributed by atoms with Crippen molar-refractivity contribution < 1.29 is 14.3 Å². The van der Waals surface area contributed by atoms with Crippen molar-refractivity contribution in [1.29, 1.82) is 0 Å². The molecule has 172 valence electrons. The number of fused-ring (bicyclic) bond motifs is 1. The smallest absolute Gasteiger partial charge is 0.266 e. The molecule has 0 aromatic heterocycles. The highest BCUT2D eigenvalue weighted by Crippen LogP contribution is 2.33. The summed E-state index contributed by atoms with van der Waals surface area (Å²) in [5.74, 6) is 0.930. The number of hydrogen-bond acceptors (Lipinski definition) is 5. The third-order valence-corrected chi connectivity index (χ3v) is 7.35. The maximum absolute atomic E-state index is 12.8. The Morgan fingerprint density at radius 2 is 1.91 bits per heavy atom. The summed E-state index contributed by atoms with van der Waals surface area (Å²) in [4.78, 5) is 29.8. The number of methoxy groups -OCH3 is 1. The second-order valence-electron chi connectivity index (χ2n) is 8.19. The van der Waals surface area contributed by atoms with E-state index in [-0.39, 0.29) is 11.8 Å². The fraction of sp³-hybridized carbons (Fsp3) is 0.346. The predicted molar refractivity (Wildman–Crippen MR) is 138 cm³/mol. The van der Waals surface area contributed by atoms with Crippen molar-refractivity contribution in [2.24, 2.45) is 0 Å². The van der Waals surface area contributed by atoms with Crippen molar-refractivity contribution >= 4 is 51.9 Å². The highest BCUT2D eigenvalue weighted by Gasteiger charge is 2.31. The number of rotatable bonds is 8. The molecule has 2 heterocycles. The van der Waals surface area contributed by atoms with Crippen LogP contribution in [0.25, 0.3) is 6.08 Å². The summed E-state index contributed by atoms with van der Waals surface area (Å²) in [7, 11) is 1.63. The number of aryl methyl sites for hydroxylation is 1. The summed E-state index contributed by atoms with van der Waals surface area (Å²) in [5, 5.41) is 0. The van der Waals surface area contributed by atoms with Crippen molar-refractivity contribution in [3.8, 4) is 5.75 Å². The molecule has 5 nitrogen and oxygen atoms in total. The number of carbonyl (C=O) groups is 2. The number of anilines is 1. The van der Waals surface area contributed by atoms with Crippen molar-refractivity contribution in [2.75, 3.05) is 25.1 Å². The van der Waals surface area contributed by atoms with Gasteiger partial charge in [0.15, 0.2) is 0 Å². The lowest BCUT2D eigenvalue weighted by atomic mass is 10.0. The zero-order valence-electron chi connectivity index (χ0n) is 18.8. The highest BCUT2D eigenvalue weighted by molar-refractivity contribution is 8.26. The van der Waals surface area contributed by atoms with Crippen LogP contribution < -0.4 is 9.64 Å². The van der Waals surface area contributed by atoms with Gasteiger partial charge in [-0.3, -0.25) is 14.5 Å².